The number of aryl methyl sites for hydroxylation is 1. The van der Waals surface area contributed by atoms with E-state index < -0.39 is 28.3 Å². The van der Waals surface area contributed by atoms with E-state index in [1.165, 1.54) is 44.6 Å². The molecule has 0 atom stereocenters. The molecule has 3 aromatic rings. The quantitative estimate of drug-likeness (QED) is 0.552. The van der Waals surface area contributed by atoms with E-state index in [9.17, 15) is 17.6 Å². The largest absolute Gasteiger partial charge is 0.493 e. The van der Waals surface area contributed by atoms with Crippen LogP contribution in [0, 0.1) is 12.7 Å². The predicted molar refractivity (Wildman–Crippen MR) is 120 cm³/mol. The van der Waals surface area contributed by atoms with Crippen molar-refractivity contribution in [2.24, 2.45) is 0 Å². The number of anilines is 2. The number of nitrogens with one attached hydrogen (secondary N) is 1. The van der Waals surface area contributed by atoms with Gasteiger partial charge in [0.25, 0.3) is 10.0 Å². The second-order valence-corrected chi connectivity index (χ2v) is 8.78. The summed E-state index contributed by atoms with van der Waals surface area (Å²) < 4.78 is 51.7. The molecule has 0 heterocycles. The van der Waals surface area contributed by atoms with E-state index in [2.05, 4.69) is 5.32 Å². The average Bonchev–Trinajstić information content (AvgIpc) is 2.79. The summed E-state index contributed by atoms with van der Waals surface area (Å²) in [4.78, 5) is 12.6. The van der Waals surface area contributed by atoms with Crippen LogP contribution in [0.2, 0.25) is 0 Å². The number of rotatable bonds is 8. The summed E-state index contributed by atoms with van der Waals surface area (Å²) in [7, 11) is -1.38. The Bertz CT molecular complexity index is 1200. The van der Waals surface area contributed by atoms with Gasteiger partial charge in [0.05, 0.1) is 24.8 Å². The highest BCUT2D eigenvalue weighted by molar-refractivity contribution is 7.92. The van der Waals surface area contributed by atoms with Crippen molar-refractivity contribution >= 4 is 27.3 Å². The molecule has 0 unspecified atom stereocenters. The zero-order valence-electron chi connectivity index (χ0n) is 17.8. The maximum Gasteiger partial charge on any atom is 0.264 e. The highest BCUT2D eigenvalue weighted by Crippen LogP contribution is 2.32. The minimum Gasteiger partial charge on any atom is -0.493 e. The third-order valence-corrected chi connectivity index (χ3v) is 6.45. The lowest BCUT2D eigenvalue weighted by molar-refractivity contribution is -0.114. The molecule has 0 bridgehead atoms. The van der Waals surface area contributed by atoms with Crippen LogP contribution in [0.3, 0.4) is 0 Å². The second kappa shape index (κ2) is 9.69. The molecule has 1 amide bonds. The number of halogens is 1. The van der Waals surface area contributed by atoms with Gasteiger partial charge in [0.2, 0.25) is 5.91 Å². The fraction of sp³-hybridized carbons (Fsp3) is 0.174. The molecule has 7 nitrogen and oxygen atoms in total. The topological polar surface area (TPSA) is 84.9 Å². The first kappa shape index (κ1) is 23.1. The van der Waals surface area contributed by atoms with Gasteiger partial charge in [-0.2, -0.15) is 0 Å². The van der Waals surface area contributed by atoms with Gasteiger partial charge in [0.15, 0.2) is 11.5 Å². The van der Waals surface area contributed by atoms with Crippen LogP contribution < -0.4 is 19.1 Å². The van der Waals surface area contributed by atoms with Crippen LogP contribution in [0.4, 0.5) is 15.8 Å². The number of benzene rings is 3. The van der Waals surface area contributed by atoms with Crippen LogP contribution in [0.5, 0.6) is 11.5 Å². The lowest BCUT2D eigenvalue weighted by Gasteiger charge is -2.24. The van der Waals surface area contributed by atoms with Crippen molar-refractivity contribution in [3.05, 3.63) is 78.1 Å². The Morgan fingerprint density at radius 2 is 1.56 bits per heavy atom. The number of hydrogen-bond acceptors (Lipinski definition) is 5. The van der Waals surface area contributed by atoms with Crippen molar-refractivity contribution in [1.29, 1.82) is 0 Å². The number of hydrogen-bond donors (Lipinski definition) is 1. The van der Waals surface area contributed by atoms with E-state index in [1.807, 2.05) is 19.1 Å². The molecule has 0 aliphatic heterocycles. The molecule has 0 aromatic heterocycles. The number of ether oxygens (including phenoxy) is 2. The predicted octanol–water partition coefficient (Wildman–Crippen LogP) is 3.99. The molecule has 0 fully saturated rings. The first-order chi connectivity index (χ1) is 15.2. The van der Waals surface area contributed by atoms with Gasteiger partial charge in [-0.05, 0) is 55.5 Å². The summed E-state index contributed by atoms with van der Waals surface area (Å²) in [5, 5.41) is 2.68. The van der Waals surface area contributed by atoms with Crippen LogP contribution in [0.1, 0.15) is 5.56 Å². The fourth-order valence-electron chi connectivity index (χ4n) is 2.99. The Kier molecular flexibility index (Phi) is 6.99. The van der Waals surface area contributed by atoms with Gasteiger partial charge >= 0.3 is 0 Å². The number of methoxy groups -OCH3 is 2. The van der Waals surface area contributed by atoms with Crippen LogP contribution >= 0.6 is 0 Å². The van der Waals surface area contributed by atoms with E-state index in [0.717, 1.165) is 22.0 Å². The summed E-state index contributed by atoms with van der Waals surface area (Å²) in [5.74, 6) is -0.503. The summed E-state index contributed by atoms with van der Waals surface area (Å²) in [6, 6.07) is 16.1. The summed E-state index contributed by atoms with van der Waals surface area (Å²) in [6.07, 6.45) is 0. The van der Waals surface area contributed by atoms with Gasteiger partial charge in [-0.15, -0.1) is 0 Å². The van der Waals surface area contributed by atoms with E-state index >= 15 is 0 Å². The molecule has 0 spiro atoms. The molecule has 1 N–H and O–H groups in total. The van der Waals surface area contributed by atoms with E-state index in [1.54, 1.807) is 12.1 Å². The van der Waals surface area contributed by atoms with Crippen molar-refractivity contribution in [1.82, 2.24) is 0 Å². The first-order valence-electron chi connectivity index (χ1n) is 9.61. The summed E-state index contributed by atoms with van der Waals surface area (Å²) in [6.45, 7) is 1.40. The van der Waals surface area contributed by atoms with Gasteiger partial charge in [0, 0.05) is 11.8 Å². The van der Waals surface area contributed by atoms with E-state index in [0.29, 0.717) is 11.4 Å². The number of carbonyl (C=O) groups is 1. The molecule has 3 rings (SSSR count). The maximum atomic E-state index is 13.5. The smallest absolute Gasteiger partial charge is 0.264 e. The van der Waals surface area contributed by atoms with Crippen molar-refractivity contribution < 1.29 is 27.1 Å². The standard InChI is InChI=1S/C23H23FN2O5S/c1-16-4-8-18(9-5-16)25-23(27)15-26(19-10-6-17(24)7-11-19)32(28,29)20-12-13-21(30-2)22(14-20)31-3/h4-14H,15H2,1-3H3,(H,25,27). The highest BCUT2D eigenvalue weighted by Gasteiger charge is 2.28. The van der Waals surface area contributed by atoms with E-state index in [-0.39, 0.29) is 16.3 Å². The highest BCUT2D eigenvalue weighted by atomic mass is 32.2. The van der Waals surface area contributed by atoms with Crippen LogP contribution in [-0.2, 0) is 14.8 Å². The Morgan fingerprint density at radius 1 is 0.938 bits per heavy atom. The van der Waals surface area contributed by atoms with Crippen LogP contribution in [0.25, 0.3) is 0 Å². The van der Waals surface area contributed by atoms with Gasteiger partial charge in [-0.1, -0.05) is 17.7 Å². The minimum absolute atomic E-state index is 0.109. The zero-order chi connectivity index (χ0) is 23.3. The molecule has 0 saturated carbocycles. The third-order valence-electron chi connectivity index (χ3n) is 4.68. The Morgan fingerprint density at radius 3 is 2.16 bits per heavy atom. The molecule has 168 valence electrons. The molecule has 0 aliphatic carbocycles. The fourth-order valence-corrected chi connectivity index (χ4v) is 4.43. The van der Waals surface area contributed by atoms with Gasteiger partial charge in [-0.25, -0.2) is 12.8 Å². The summed E-state index contributed by atoms with van der Waals surface area (Å²) >= 11 is 0. The normalized spacial score (nSPS) is 11.0. The van der Waals surface area contributed by atoms with Crippen molar-refractivity contribution in [3.63, 3.8) is 0 Å². The molecule has 0 saturated heterocycles. The lowest BCUT2D eigenvalue weighted by atomic mass is 10.2. The van der Waals surface area contributed by atoms with Crippen LogP contribution in [-0.4, -0.2) is 35.1 Å². The number of carbonyl (C=O) groups excluding carboxylic acids is 1. The molecule has 9 heteroatoms. The second-order valence-electron chi connectivity index (χ2n) is 6.92. The molecular weight excluding hydrogens is 435 g/mol. The maximum absolute atomic E-state index is 13.5. The lowest BCUT2D eigenvalue weighted by Crippen LogP contribution is -2.38. The number of amides is 1. The SMILES string of the molecule is COc1ccc(S(=O)(=O)N(CC(=O)Nc2ccc(C)cc2)c2ccc(F)cc2)cc1OC. The zero-order valence-corrected chi connectivity index (χ0v) is 18.6. The van der Waals surface area contributed by atoms with Crippen molar-refractivity contribution in [3.8, 4) is 11.5 Å². The molecule has 32 heavy (non-hydrogen) atoms. The van der Waals surface area contributed by atoms with Crippen molar-refractivity contribution in [2.75, 3.05) is 30.4 Å². The van der Waals surface area contributed by atoms with E-state index in [4.69, 9.17) is 9.47 Å². The molecule has 0 aliphatic rings. The van der Waals surface area contributed by atoms with Crippen LogP contribution in [0.15, 0.2) is 71.6 Å². The Hall–Kier alpha value is -3.59. The van der Waals surface area contributed by atoms with Gasteiger partial charge in [0.1, 0.15) is 12.4 Å². The molecule has 0 radical (unpaired) electrons. The molecule has 3 aromatic carbocycles. The van der Waals surface area contributed by atoms with Crippen molar-refractivity contribution in [2.45, 2.75) is 11.8 Å². The molecular formula is C23H23FN2O5S. The summed E-state index contributed by atoms with van der Waals surface area (Å²) in [5.41, 5.74) is 1.69. The Balaban J connectivity index is 1.97. The number of nitrogens with zero attached hydrogens (tertiary/aromatic N) is 1. The first-order valence-corrected chi connectivity index (χ1v) is 11.1. The van der Waals surface area contributed by atoms with Gasteiger partial charge < -0.3 is 14.8 Å². The monoisotopic (exact) mass is 458 g/mol. The minimum atomic E-state index is -4.20. The van der Waals surface area contributed by atoms with Gasteiger partial charge in [-0.3, -0.25) is 9.10 Å². The Labute approximate surface area is 186 Å². The number of sulfonamides is 1. The average molecular weight is 459 g/mol. The third kappa shape index (κ3) is 5.17.